The Morgan fingerprint density at radius 3 is 2.74 bits per heavy atom. The molecule has 1 aromatic carbocycles. The molecule has 0 atom stereocenters. The summed E-state index contributed by atoms with van der Waals surface area (Å²) in [5, 5.41) is 8.77. The molecule has 5 nitrogen and oxygen atoms in total. The number of carbonyl (C=O) groups is 1. The van der Waals surface area contributed by atoms with Crippen molar-refractivity contribution in [1.82, 2.24) is 20.1 Å². The largest absolute Gasteiger partial charge is 0.355 e. The van der Waals surface area contributed by atoms with Gasteiger partial charge >= 0.3 is 0 Å². The first-order valence-electron chi connectivity index (χ1n) is 9.58. The molecule has 0 bridgehead atoms. The van der Waals surface area contributed by atoms with Crippen molar-refractivity contribution in [1.29, 1.82) is 0 Å². The molecule has 0 fully saturated rings. The maximum atomic E-state index is 12.4. The summed E-state index contributed by atoms with van der Waals surface area (Å²) in [5.41, 5.74) is 5.25. The van der Waals surface area contributed by atoms with E-state index in [-0.39, 0.29) is 5.91 Å². The van der Waals surface area contributed by atoms with Gasteiger partial charge in [-0.2, -0.15) is 5.10 Å². The number of aromatic nitrogens is 3. The predicted molar refractivity (Wildman–Crippen MR) is 109 cm³/mol. The zero-order valence-corrected chi connectivity index (χ0v) is 16.6. The van der Waals surface area contributed by atoms with Crippen LogP contribution in [0.3, 0.4) is 0 Å². The highest BCUT2D eigenvalue weighted by Crippen LogP contribution is 2.17. The maximum absolute atomic E-state index is 12.4. The predicted octanol–water partition coefficient (Wildman–Crippen LogP) is 3.61. The van der Waals surface area contributed by atoms with Gasteiger partial charge in [-0.05, 0) is 37.8 Å². The molecule has 0 aliphatic carbocycles. The Hall–Kier alpha value is -2.69. The van der Waals surface area contributed by atoms with Gasteiger partial charge in [-0.1, -0.05) is 38.1 Å². The van der Waals surface area contributed by atoms with Crippen molar-refractivity contribution >= 4 is 16.8 Å². The van der Waals surface area contributed by atoms with Crippen molar-refractivity contribution in [2.45, 2.75) is 47.1 Å². The number of hydrogen-bond acceptors (Lipinski definition) is 3. The summed E-state index contributed by atoms with van der Waals surface area (Å²) in [6.45, 7) is 9.85. The van der Waals surface area contributed by atoms with Crippen LogP contribution in [-0.4, -0.2) is 27.2 Å². The van der Waals surface area contributed by atoms with Gasteiger partial charge in [0.2, 0.25) is 5.91 Å². The average molecular weight is 364 g/mol. The second kappa shape index (κ2) is 8.33. The van der Waals surface area contributed by atoms with Gasteiger partial charge in [-0.3, -0.25) is 14.5 Å². The Balaban J connectivity index is 1.60. The number of para-hydroxylation sites is 1. The molecule has 0 saturated carbocycles. The first-order chi connectivity index (χ1) is 13.0. The number of aryl methyl sites for hydroxylation is 1. The Labute approximate surface area is 160 Å². The van der Waals surface area contributed by atoms with Gasteiger partial charge in [0.05, 0.1) is 17.6 Å². The lowest BCUT2D eigenvalue weighted by atomic mass is 10.1. The van der Waals surface area contributed by atoms with Gasteiger partial charge in [0.15, 0.2) is 0 Å². The zero-order valence-electron chi connectivity index (χ0n) is 16.6. The number of rotatable bonds is 7. The molecule has 3 rings (SSSR count). The second-order valence-electron chi connectivity index (χ2n) is 7.49. The Kier molecular flexibility index (Phi) is 5.89. The van der Waals surface area contributed by atoms with Crippen LogP contribution in [0.1, 0.15) is 36.4 Å². The van der Waals surface area contributed by atoms with E-state index >= 15 is 0 Å². The number of nitrogens with one attached hydrogen (secondary N) is 1. The molecule has 5 heteroatoms. The van der Waals surface area contributed by atoms with E-state index in [1.165, 1.54) is 0 Å². The Morgan fingerprint density at radius 1 is 1.19 bits per heavy atom. The molecule has 1 N–H and O–H groups in total. The highest BCUT2D eigenvalue weighted by atomic mass is 16.1. The lowest BCUT2D eigenvalue weighted by Gasteiger charge is -2.09. The first-order valence-corrected chi connectivity index (χ1v) is 9.58. The molecule has 1 amide bonds. The quantitative estimate of drug-likeness (QED) is 0.697. The summed E-state index contributed by atoms with van der Waals surface area (Å²) in [6.07, 6.45) is 2.96. The van der Waals surface area contributed by atoms with E-state index in [1.807, 2.05) is 36.9 Å². The Bertz CT molecular complexity index is 937. The molecule has 142 valence electrons. The van der Waals surface area contributed by atoms with Crippen molar-refractivity contribution in [3.05, 3.63) is 59.0 Å². The van der Waals surface area contributed by atoms with Crippen LogP contribution in [0, 0.1) is 19.8 Å². The molecule has 0 spiro atoms. The first kappa shape index (κ1) is 19.1. The van der Waals surface area contributed by atoms with Crippen LogP contribution in [0.25, 0.3) is 10.9 Å². The summed E-state index contributed by atoms with van der Waals surface area (Å²) in [4.78, 5) is 16.9. The summed E-state index contributed by atoms with van der Waals surface area (Å²) in [5.74, 6) is 0.567. The van der Waals surface area contributed by atoms with Crippen LogP contribution in [0.5, 0.6) is 0 Å². The minimum Gasteiger partial charge on any atom is -0.355 e. The van der Waals surface area contributed by atoms with Crippen LogP contribution in [0.15, 0.2) is 36.5 Å². The van der Waals surface area contributed by atoms with Crippen LogP contribution in [0.2, 0.25) is 0 Å². The number of benzene rings is 1. The summed E-state index contributed by atoms with van der Waals surface area (Å²) >= 11 is 0. The van der Waals surface area contributed by atoms with E-state index < -0.39 is 0 Å². The summed E-state index contributed by atoms with van der Waals surface area (Å²) in [6, 6.07) is 10.2. The fourth-order valence-corrected chi connectivity index (χ4v) is 3.44. The molecule has 0 aliphatic heterocycles. The van der Waals surface area contributed by atoms with Gasteiger partial charge in [-0.15, -0.1) is 0 Å². The standard InChI is InChI=1S/C22H28N4O/c1-15(2)14-26-17(4)20(16(3)25-26)13-21(27)23-12-10-19-8-5-7-18-9-6-11-24-22(18)19/h5-9,11,15H,10,12-14H2,1-4H3,(H,23,27). The van der Waals surface area contributed by atoms with Crippen LogP contribution >= 0.6 is 0 Å². The maximum Gasteiger partial charge on any atom is 0.224 e. The fourth-order valence-electron chi connectivity index (χ4n) is 3.44. The average Bonchev–Trinajstić information content (AvgIpc) is 2.89. The van der Waals surface area contributed by atoms with Crippen molar-refractivity contribution in [3.63, 3.8) is 0 Å². The molecule has 0 saturated heterocycles. The molecule has 27 heavy (non-hydrogen) atoms. The zero-order chi connectivity index (χ0) is 19.4. The third-order valence-corrected chi connectivity index (χ3v) is 4.84. The van der Waals surface area contributed by atoms with Crippen molar-refractivity contribution in [3.8, 4) is 0 Å². The van der Waals surface area contributed by atoms with Crippen LogP contribution in [-0.2, 0) is 24.2 Å². The van der Waals surface area contributed by atoms with E-state index in [9.17, 15) is 4.79 Å². The van der Waals surface area contributed by atoms with E-state index in [0.29, 0.717) is 18.9 Å². The van der Waals surface area contributed by atoms with Gasteiger partial charge in [0, 0.05) is 35.9 Å². The fraction of sp³-hybridized carbons (Fsp3) is 0.409. The number of hydrogen-bond donors (Lipinski definition) is 1. The van der Waals surface area contributed by atoms with Gasteiger partial charge in [-0.25, -0.2) is 0 Å². The third kappa shape index (κ3) is 4.54. The number of pyridine rings is 1. The minimum atomic E-state index is 0.0403. The van der Waals surface area contributed by atoms with E-state index in [2.05, 4.69) is 47.4 Å². The number of fused-ring (bicyclic) bond motifs is 1. The summed E-state index contributed by atoms with van der Waals surface area (Å²) in [7, 11) is 0. The lowest BCUT2D eigenvalue weighted by Crippen LogP contribution is -2.27. The third-order valence-electron chi connectivity index (χ3n) is 4.84. The second-order valence-corrected chi connectivity index (χ2v) is 7.49. The van der Waals surface area contributed by atoms with Crippen molar-refractivity contribution < 1.29 is 4.79 Å². The lowest BCUT2D eigenvalue weighted by molar-refractivity contribution is -0.120. The van der Waals surface area contributed by atoms with Crippen LogP contribution < -0.4 is 5.32 Å². The van der Waals surface area contributed by atoms with Crippen molar-refractivity contribution in [2.24, 2.45) is 5.92 Å². The number of amides is 1. The number of carbonyl (C=O) groups excluding carboxylic acids is 1. The molecular weight excluding hydrogens is 336 g/mol. The molecule has 2 aromatic heterocycles. The van der Waals surface area contributed by atoms with Gasteiger partial charge in [0.25, 0.3) is 0 Å². The molecule has 2 heterocycles. The van der Waals surface area contributed by atoms with Crippen LogP contribution in [0.4, 0.5) is 0 Å². The molecule has 0 radical (unpaired) electrons. The van der Waals surface area contributed by atoms with Gasteiger partial charge < -0.3 is 5.32 Å². The van der Waals surface area contributed by atoms with E-state index in [1.54, 1.807) is 0 Å². The highest BCUT2D eigenvalue weighted by Gasteiger charge is 2.15. The van der Waals surface area contributed by atoms with E-state index in [0.717, 1.165) is 46.4 Å². The minimum absolute atomic E-state index is 0.0403. The van der Waals surface area contributed by atoms with Gasteiger partial charge in [0.1, 0.15) is 0 Å². The smallest absolute Gasteiger partial charge is 0.224 e. The SMILES string of the molecule is Cc1nn(CC(C)C)c(C)c1CC(=O)NCCc1cccc2cccnc12. The number of nitrogens with zero attached hydrogens (tertiary/aromatic N) is 3. The van der Waals surface area contributed by atoms with Crippen molar-refractivity contribution in [2.75, 3.05) is 6.54 Å². The normalized spacial score (nSPS) is 11.3. The summed E-state index contributed by atoms with van der Waals surface area (Å²) < 4.78 is 2.02. The Morgan fingerprint density at radius 2 is 1.96 bits per heavy atom. The topological polar surface area (TPSA) is 59.8 Å². The van der Waals surface area contributed by atoms with E-state index in [4.69, 9.17) is 0 Å². The monoisotopic (exact) mass is 364 g/mol. The highest BCUT2D eigenvalue weighted by molar-refractivity contribution is 5.82. The molecule has 0 unspecified atom stereocenters. The molecular formula is C22H28N4O. The molecule has 3 aromatic rings. The molecule has 0 aliphatic rings.